The molecule has 1 rings (SSSR count). The second-order valence-corrected chi connectivity index (χ2v) is 3.30. The van der Waals surface area contributed by atoms with Crippen LogP contribution in [0.2, 0.25) is 0 Å². The molecule has 0 aliphatic rings. The molecule has 60 valence electrons. The summed E-state index contributed by atoms with van der Waals surface area (Å²) >= 11 is 0. The summed E-state index contributed by atoms with van der Waals surface area (Å²) in [6.07, 6.45) is 0. The summed E-state index contributed by atoms with van der Waals surface area (Å²) in [5, 5.41) is 0. The highest BCUT2D eigenvalue weighted by atomic mass is 16.3. The van der Waals surface area contributed by atoms with Gasteiger partial charge in [-0.1, -0.05) is 13.8 Å². The molecule has 11 heavy (non-hydrogen) atoms. The molecular weight excluding hydrogens is 136 g/mol. The monoisotopic (exact) mass is 151 g/mol. The topological polar surface area (TPSA) is 11.3 Å². The minimum Gasteiger partial charge on any atom is -0.218 e. The molecular formula is C10H15O+. The molecule has 0 radical (unpaired) electrons. The van der Waals surface area contributed by atoms with Gasteiger partial charge in [-0.05, 0) is 12.5 Å². The quantitative estimate of drug-likeness (QED) is 0.560. The lowest BCUT2D eigenvalue weighted by Crippen LogP contribution is -1.89. The van der Waals surface area contributed by atoms with E-state index < -0.39 is 0 Å². The van der Waals surface area contributed by atoms with Crippen LogP contribution in [0.5, 0.6) is 0 Å². The van der Waals surface area contributed by atoms with Gasteiger partial charge in [0.05, 0.1) is 12.8 Å². The van der Waals surface area contributed by atoms with E-state index in [9.17, 15) is 0 Å². The van der Waals surface area contributed by atoms with Crippen LogP contribution in [-0.4, -0.2) is 0 Å². The first-order valence-electron chi connectivity index (χ1n) is 4.01. The van der Waals surface area contributed by atoms with Crippen molar-refractivity contribution in [1.29, 1.82) is 0 Å². The fourth-order valence-corrected chi connectivity index (χ4v) is 1.12. The van der Waals surface area contributed by atoms with Gasteiger partial charge in [-0.2, -0.15) is 0 Å². The fraction of sp³-hybridized carbons (Fsp3) is 0.500. The summed E-state index contributed by atoms with van der Waals surface area (Å²) < 4.78 is 5.52. The fourth-order valence-electron chi connectivity index (χ4n) is 1.12. The van der Waals surface area contributed by atoms with Crippen molar-refractivity contribution in [2.75, 3.05) is 0 Å². The van der Waals surface area contributed by atoms with Gasteiger partial charge in [0.1, 0.15) is 0 Å². The molecule has 0 bridgehead atoms. The number of rotatable bonds is 1. The Morgan fingerprint density at radius 3 is 2.27 bits per heavy atom. The predicted octanol–water partition coefficient (Wildman–Crippen LogP) is 3.30. The highest BCUT2D eigenvalue weighted by Crippen LogP contribution is 2.17. The number of hydrogen-bond donors (Lipinski definition) is 0. The van der Waals surface area contributed by atoms with Gasteiger partial charge in [0.15, 0.2) is 0 Å². The van der Waals surface area contributed by atoms with Gasteiger partial charge in [-0.25, -0.2) is 4.42 Å². The Morgan fingerprint density at radius 2 is 1.82 bits per heavy atom. The van der Waals surface area contributed by atoms with Gasteiger partial charge in [-0.3, -0.25) is 0 Å². The first-order valence-corrected chi connectivity index (χ1v) is 4.01. The lowest BCUT2D eigenvalue weighted by molar-refractivity contribution is 0.444. The third kappa shape index (κ3) is 2.04. The summed E-state index contributed by atoms with van der Waals surface area (Å²) in [6.45, 7) is 8.35. The number of aryl methyl sites for hydroxylation is 2. The van der Waals surface area contributed by atoms with Gasteiger partial charge < -0.3 is 0 Å². The van der Waals surface area contributed by atoms with Gasteiger partial charge >= 0.3 is 11.5 Å². The van der Waals surface area contributed by atoms with Crippen molar-refractivity contribution in [2.24, 2.45) is 0 Å². The van der Waals surface area contributed by atoms with E-state index in [0.29, 0.717) is 5.92 Å². The first-order chi connectivity index (χ1) is 5.09. The van der Waals surface area contributed by atoms with Crippen LogP contribution in [0.3, 0.4) is 0 Å². The predicted molar refractivity (Wildman–Crippen MR) is 46.7 cm³/mol. The van der Waals surface area contributed by atoms with Crippen LogP contribution >= 0.6 is 0 Å². The average Bonchev–Trinajstić information content (AvgIpc) is 1.85. The van der Waals surface area contributed by atoms with Crippen molar-refractivity contribution in [3.05, 3.63) is 29.2 Å². The molecule has 1 nitrogen and oxygen atoms in total. The molecule has 0 aromatic carbocycles. The van der Waals surface area contributed by atoms with Crippen LogP contribution in [-0.2, 0) is 0 Å². The van der Waals surface area contributed by atoms with Crippen molar-refractivity contribution in [3.8, 4) is 0 Å². The van der Waals surface area contributed by atoms with Crippen LogP contribution < -0.4 is 0 Å². The molecule has 1 aromatic heterocycles. The van der Waals surface area contributed by atoms with Crippen molar-refractivity contribution >= 4 is 0 Å². The standard InChI is InChI=1S/C10H15O/c1-7(2)10-6-8(3)5-9(4)11-10/h5-7H,1-4H3/q+1. The molecule has 0 unspecified atom stereocenters. The Morgan fingerprint density at radius 1 is 1.18 bits per heavy atom. The zero-order chi connectivity index (χ0) is 8.43. The summed E-state index contributed by atoms with van der Waals surface area (Å²) in [5.41, 5.74) is 1.28. The zero-order valence-corrected chi connectivity index (χ0v) is 7.64. The minimum atomic E-state index is 0.480. The molecule has 1 aromatic rings. The van der Waals surface area contributed by atoms with E-state index in [1.807, 2.05) is 13.0 Å². The van der Waals surface area contributed by atoms with Crippen LogP contribution in [0.1, 0.15) is 36.8 Å². The third-order valence-electron chi connectivity index (χ3n) is 1.65. The lowest BCUT2D eigenvalue weighted by Gasteiger charge is -1.94. The van der Waals surface area contributed by atoms with Crippen LogP contribution in [0, 0.1) is 13.8 Å². The molecule has 1 heteroatoms. The molecule has 0 aliphatic heterocycles. The highest BCUT2D eigenvalue weighted by molar-refractivity contribution is 5.17. The summed E-state index contributed by atoms with van der Waals surface area (Å²) in [7, 11) is 0. The molecule has 0 spiro atoms. The molecule has 0 saturated carbocycles. The Labute approximate surface area is 68.1 Å². The molecule has 0 amide bonds. The van der Waals surface area contributed by atoms with Gasteiger partial charge in [0.25, 0.3) is 0 Å². The molecule has 0 N–H and O–H groups in total. The number of hydrogen-bond acceptors (Lipinski definition) is 0. The van der Waals surface area contributed by atoms with E-state index in [0.717, 1.165) is 11.5 Å². The Balaban J connectivity index is 3.08. The Hall–Kier alpha value is -0.850. The maximum absolute atomic E-state index is 5.52. The molecule has 0 saturated heterocycles. The lowest BCUT2D eigenvalue weighted by atomic mass is 10.1. The Kier molecular flexibility index (Phi) is 2.28. The summed E-state index contributed by atoms with van der Waals surface area (Å²) in [4.78, 5) is 0. The first kappa shape index (κ1) is 8.25. The van der Waals surface area contributed by atoms with E-state index in [-0.39, 0.29) is 0 Å². The smallest absolute Gasteiger partial charge is 0.218 e. The van der Waals surface area contributed by atoms with Gasteiger partial charge in [0, 0.05) is 12.1 Å². The van der Waals surface area contributed by atoms with E-state index in [2.05, 4.69) is 26.8 Å². The van der Waals surface area contributed by atoms with Crippen LogP contribution in [0.15, 0.2) is 16.5 Å². The van der Waals surface area contributed by atoms with Crippen LogP contribution in [0.25, 0.3) is 0 Å². The minimum absolute atomic E-state index is 0.480. The van der Waals surface area contributed by atoms with Crippen molar-refractivity contribution in [2.45, 2.75) is 33.6 Å². The van der Waals surface area contributed by atoms with Crippen molar-refractivity contribution < 1.29 is 4.42 Å². The summed E-state index contributed by atoms with van der Waals surface area (Å²) in [5.74, 6) is 2.55. The van der Waals surface area contributed by atoms with E-state index in [1.165, 1.54) is 5.56 Å². The second kappa shape index (κ2) is 3.04. The Bertz CT molecular complexity index is 231. The zero-order valence-electron chi connectivity index (χ0n) is 7.64. The largest absolute Gasteiger partial charge is 0.332 e. The van der Waals surface area contributed by atoms with Crippen molar-refractivity contribution in [3.63, 3.8) is 0 Å². The molecule has 0 fully saturated rings. The van der Waals surface area contributed by atoms with Crippen LogP contribution in [0.4, 0.5) is 0 Å². The van der Waals surface area contributed by atoms with E-state index in [1.54, 1.807) is 0 Å². The molecule has 1 heterocycles. The second-order valence-electron chi connectivity index (χ2n) is 3.30. The van der Waals surface area contributed by atoms with Crippen molar-refractivity contribution in [1.82, 2.24) is 0 Å². The maximum Gasteiger partial charge on any atom is 0.332 e. The van der Waals surface area contributed by atoms with E-state index in [4.69, 9.17) is 4.42 Å². The van der Waals surface area contributed by atoms with E-state index >= 15 is 0 Å². The maximum atomic E-state index is 5.52. The average molecular weight is 151 g/mol. The van der Waals surface area contributed by atoms with Gasteiger partial charge in [-0.15, -0.1) is 0 Å². The molecule has 0 atom stereocenters. The summed E-state index contributed by atoms with van der Waals surface area (Å²) in [6, 6.07) is 4.14. The van der Waals surface area contributed by atoms with Gasteiger partial charge in [0.2, 0.25) is 0 Å². The molecule has 0 aliphatic carbocycles. The SMILES string of the molecule is Cc1cc(C)[o+]c(C(C)C)c1. The third-order valence-corrected chi connectivity index (χ3v) is 1.65. The highest BCUT2D eigenvalue weighted by Gasteiger charge is 2.14. The normalized spacial score (nSPS) is 10.6.